The maximum absolute atomic E-state index is 15.1. The van der Waals surface area contributed by atoms with Gasteiger partial charge in [-0.1, -0.05) is 6.07 Å². The number of anilines is 2. The number of nitro benzene ring substituents is 1. The topological polar surface area (TPSA) is 138 Å². The number of aromatic carboxylic acids is 1. The van der Waals surface area contributed by atoms with Crippen LogP contribution in [0.15, 0.2) is 47.4 Å². The fraction of sp³-hybridized carbons (Fsp3) is 0.320. The van der Waals surface area contributed by atoms with Crippen LogP contribution in [0.1, 0.15) is 29.2 Å². The zero-order valence-electron chi connectivity index (χ0n) is 19.7. The molecule has 11 nitrogen and oxygen atoms in total. The van der Waals surface area contributed by atoms with Crippen LogP contribution in [-0.4, -0.2) is 64.1 Å². The molecule has 0 radical (unpaired) electrons. The lowest BCUT2D eigenvalue weighted by molar-refractivity contribution is -0.384. The van der Waals surface area contributed by atoms with E-state index in [1.54, 1.807) is 16.7 Å². The Bertz CT molecular complexity index is 1480. The number of hydrogen-bond acceptors (Lipinski definition) is 7. The number of nitrogens with zero attached hydrogens (tertiary/aromatic N) is 4. The normalized spacial score (nSPS) is 16.1. The fourth-order valence-electron chi connectivity index (χ4n) is 4.66. The molecule has 0 spiro atoms. The lowest BCUT2D eigenvalue weighted by atomic mass is 10.1. The second-order valence-corrected chi connectivity index (χ2v) is 9.26. The number of aromatic nitrogens is 1. The SMILES string of the molecule is O=C(CN1CCN(c2cc3c(cc2F)c(=O)c(C(=O)O)cn3C2CC2)CC1)Nc1cccc([N+](=O)[O-])c1. The predicted molar refractivity (Wildman–Crippen MR) is 134 cm³/mol. The second kappa shape index (κ2) is 9.62. The summed E-state index contributed by atoms with van der Waals surface area (Å²) >= 11 is 0. The minimum atomic E-state index is -1.34. The number of carboxylic acid groups (broad SMARTS) is 1. The second-order valence-electron chi connectivity index (χ2n) is 9.26. The average molecular weight is 509 g/mol. The molecule has 1 amide bonds. The van der Waals surface area contributed by atoms with Gasteiger partial charge in [0, 0.05) is 61.6 Å². The molecule has 2 aromatic carbocycles. The summed E-state index contributed by atoms with van der Waals surface area (Å²) in [6.45, 7) is 1.91. The van der Waals surface area contributed by atoms with Gasteiger partial charge in [-0.2, -0.15) is 0 Å². The molecule has 3 aromatic rings. The highest BCUT2D eigenvalue weighted by molar-refractivity contribution is 5.94. The van der Waals surface area contributed by atoms with Crippen molar-refractivity contribution in [3.63, 3.8) is 0 Å². The molecule has 1 saturated heterocycles. The number of benzene rings is 2. The summed E-state index contributed by atoms with van der Waals surface area (Å²) in [5.41, 5.74) is -0.0235. The molecule has 37 heavy (non-hydrogen) atoms. The molecule has 2 N–H and O–H groups in total. The number of carboxylic acids is 1. The van der Waals surface area contributed by atoms with E-state index >= 15 is 4.39 Å². The Morgan fingerprint density at radius 3 is 2.51 bits per heavy atom. The molecule has 2 aliphatic rings. The van der Waals surface area contributed by atoms with Crippen LogP contribution in [0, 0.1) is 15.9 Å². The van der Waals surface area contributed by atoms with Crippen molar-refractivity contribution in [3.05, 3.63) is 74.3 Å². The molecule has 0 atom stereocenters. The molecule has 1 aliphatic heterocycles. The van der Waals surface area contributed by atoms with Gasteiger partial charge in [0.1, 0.15) is 11.4 Å². The highest BCUT2D eigenvalue weighted by atomic mass is 19.1. The monoisotopic (exact) mass is 509 g/mol. The lowest BCUT2D eigenvalue weighted by Gasteiger charge is -2.36. The zero-order valence-corrected chi connectivity index (χ0v) is 19.7. The Hall–Kier alpha value is -4.32. The van der Waals surface area contributed by atoms with E-state index in [-0.39, 0.29) is 35.1 Å². The Morgan fingerprint density at radius 2 is 1.86 bits per heavy atom. The first-order valence-corrected chi connectivity index (χ1v) is 11.8. The van der Waals surface area contributed by atoms with Gasteiger partial charge in [-0.05, 0) is 31.0 Å². The number of nitrogens with one attached hydrogen (secondary N) is 1. The van der Waals surface area contributed by atoms with Gasteiger partial charge in [-0.25, -0.2) is 9.18 Å². The molecule has 0 unspecified atom stereocenters. The zero-order chi connectivity index (χ0) is 26.3. The Kier molecular flexibility index (Phi) is 6.34. The number of piperazine rings is 1. The number of carbonyl (C=O) groups excluding carboxylic acids is 1. The number of pyridine rings is 1. The first-order chi connectivity index (χ1) is 17.7. The Morgan fingerprint density at radius 1 is 1.14 bits per heavy atom. The van der Waals surface area contributed by atoms with Gasteiger partial charge in [0.15, 0.2) is 0 Å². The molecule has 5 rings (SSSR count). The van der Waals surface area contributed by atoms with Crippen molar-refractivity contribution in [1.29, 1.82) is 0 Å². The number of non-ortho nitro benzene ring substituents is 1. The first kappa shape index (κ1) is 24.4. The van der Waals surface area contributed by atoms with Crippen LogP contribution in [0.25, 0.3) is 10.9 Å². The fourth-order valence-corrected chi connectivity index (χ4v) is 4.66. The van der Waals surface area contributed by atoms with E-state index in [0.717, 1.165) is 18.9 Å². The van der Waals surface area contributed by atoms with E-state index in [1.165, 1.54) is 24.4 Å². The molecule has 12 heteroatoms. The van der Waals surface area contributed by atoms with Crippen molar-refractivity contribution in [2.24, 2.45) is 0 Å². The van der Waals surface area contributed by atoms with Gasteiger partial charge < -0.3 is 19.9 Å². The van der Waals surface area contributed by atoms with E-state index < -0.39 is 22.1 Å². The van der Waals surface area contributed by atoms with Gasteiger partial charge >= 0.3 is 5.97 Å². The minimum absolute atomic E-state index is 0.0458. The van der Waals surface area contributed by atoms with Crippen molar-refractivity contribution in [1.82, 2.24) is 9.47 Å². The molecule has 1 aliphatic carbocycles. The molecular weight excluding hydrogens is 485 g/mol. The van der Waals surface area contributed by atoms with Gasteiger partial charge in [-0.3, -0.25) is 24.6 Å². The summed E-state index contributed by atoms with van der Waals surface area (Å²) in [5.74, 6) is -2.25. The van der Waals surface area contributed by atoms with Crippen LogP contribution >= 0.6 is 0 Å². The van der Waals surface area contributed by atoms with Gasteiger partial charge in [0.25, 0.3) is 5.69 Å². The third-order valence-corrected chi connectivity index (χ3v) is 6.69. The number of rotatable bonds is 7. The van der Waals surface area contributed by atoms with E-state index in [0.29, 0.717) is 43.1 Å². The number of nitro groups is 1. The maximum Gasteiger partial charge on any atom is 0.341 e. The summed E-state index contributed by atoms with van der Waals surface area (Å²) in [4.78, 5) is 50.8. The first-order valence-electron chi connectivity index (χ1n) is 11.8. The van der Waals surface area contributed by atoms with E-state index in [2.05, 4.69) is 5.32 Å². The molecule has 192 valence electrons. The Balaban J connectivity index is 1.29. The maximum atomic E-state index is 15.1. The van der Waals surface area contributed by atoms with Crippen molar-refractivity contribution < 1.29 is 24.0 Å². The van der Waals surface area contributed by atoms with E-state index in [4.69, 9.17) is 0 Å². The van der Waals surface area contributed by atoms with Crippen LogP contribution in [0.4, 0.5) is 21.5 Å². The third-order valence-electron chi connectivity index (χ3n) is 6.69. The van der Waals surface area contributed by atoms with Crippen LogP contribution in [0.3, 0.4) is 0 Å². The molecule has 1 aromatic heterocycles. The summed E-state index contributed by atoms with van der Waals surface area (Å²) in [7, 11) is 0. The van der Waals surface area contributed by atoms with Crippen LogP contribution in [0.5, 0.6) is 0 Å². The number of hydrogen-bond donors (Lipinski definition) is 2. The number of halogens is 1. The van der Waals surface area contributed by atoms with Gasteiger partial charge in [-0.15, -0.1) is 0 Å². The third kappa shape index (κ3) is 5.00. The highest BCUT2D eigenvalue weighted by Gasteiger charge is 2.28. The summed E-state index contributed by atoms with van der Waals surface area (Å²) < 4.78 is 16.9. The minimum Gasteiger partial charge on any atom is -0.477 e. The van der Waals surface area contributed by atoms with Crippen LogP contribution in [0.2, 0.25) is 0 Å². The summed E-state index contributed by atoms with van der Waals surface area (Å²) in [5, 5.41) is 23.0. The largest absolute Gasteiger partial charge is 0.477 e. The average Bonchev–Trinajstić information content (AvgIpc) is 3.70. The quantitative estimate of drug-likeness (QED) is 0.366. The van der Waals surface area contributed by atoms with Crippen molar-refractivity contribution >= 4 is 39.8 Å². The summed E-state index contributed by atoms with van der Waals surface area (Å²) in [6.07, 6.45) is 3.08. The van der Waals surface area contributed by atoms with Crippen molar-refractivity contribution in [3.8, 4) is 0 Å². The smallest absolute Gasteiger partial charge is 0.341 e. The molecular formula is C25H24FN5O6. The highest BCUT2D eigenvalue weighted by Crippen LogP contribution is 2.38. The van der Waals surface area contributed by atoms with E-state index in [9.17, 15) is 29.6 Å². The van der Waals surface area contributed by atoms with Crippen LogP contribution in [-0.2, 0) is 4.79 Å². The lowest BCUT2D eigenvalue weighted by Crippen LogP contribution is -2.49. The number of carbonyl (C=O) groups is 2. The molecule has 1 saturated carbocycles. The van der Waals surface area contributed by atoms with Crippen molar-refractivity contribution in [2.75, 3.05) is 42.9 Å². The molecule has 2 fully saturated rings. The van der Waals surface area contributed by atoms with Crippen LogP contribution < -0.4 is 15.6 Å². The number of fused-ring (bicyclic) bond motifs is 1. The van der Waals surface area contributed by atoms with Crippen molar-refractivity contribution in [2.45, 2.75) is 18.9 Å². The Labute approximate surface area is 209 Å². The molecule has 2 heterocycles. The van der Waals surface area contributed by atoms with Gasteiger partial charge in [0.2, 0.25) is 11.3 Å². The molecule has 0 bridgehead atoms. The predicted octanol–water partition coefficient (Wildman–Crippen LogP) is 2.84. The number of amides is 1. The van der Waals surface area contributed by atoms with Gasteiger partial charge in [0.05, 0.1) is 22.7 Å². The summed E-state index contributed by atoms with van der Waals surface area (Å²) in [6, 6.07) is 8.52. The van der Waals surface area contributed by atoms with E-state index in [1.807, 2.05) is 9.80 Å². The standard InChI is InChI=1S/C25H24FN5O6/c26-20-11-18-21(30(16-4-5-16)13-19(24(18)33)25(34)35)12-22(20)29-8-6-28(7-9-29)14-23(32)27-15-2-1-3-17(10-15)31(36)37/h1-3,10-13,16H,4-9,14H2,(H,27,32)(H,34,35).